The van der Waals surface area contributed by atoms with Crippen molar-refractivity contribution in [2.75, 3.05) is 20.2 Å². The Balaban J connectivity index is 1.77. The van der Waals surface area contributed by atoms with E-state index in [1.54, 1.807) is 0 Å². The number of carbonyl (C=O) groups excluding carboxylic acids is 2. The van der Waals surface area contributed by atoms with E-state index in [-0.39, 0.29) is 10.9 Å². The van der Waals surface area contributed by atoms with Crippen molar-refractivity contribution in [3.63, 3.8) is 0 Å². The molecule has 1 aliphatic carbocycles. The van der Waals surface area contributed by atoms with Crippen molar-refractivity contribution in [3.05, 3.63) is 17.9 Å². The fourth-order valence-corrected chi connectivity index (χ4v) is 5.35. The minimum Gasteiger partial charge on any atom is -0.467 e. The van der Waals surface area contributed by atoms with E-state index in [0.29, 0.717) is 31.8 Å². The zero-order valence-corrected chi connectivity index (χ0v) is 17.2. The maximum absolute atomic E-state index is 12.7. The summed E-state index contributed by atoms with van der Waals surface area (Å²) in [4.78, 5) is 25.1. The van der Waals surface area contributed by atoms with Gasteiger partial charge in [0.25, 0.3) is 15.9 Å². The van der Waals surface area contributed by atoms with Crippen molar-refractivity contribution in [1.29, 1.82) is 0 Å². The third kappa shape index (κ3) is 4.10. The average molecular weight is 413 g/mol. The molecule has 1 aromatic heterocycles. The molecule has 1 aromatic rings. The van der Waals surface area contributed by atoms with Gasteiger partial charge >= 0.3 is 5.97 Å². The van der Waals surface area contributed by atoms with Gasteiger partial charge < -0.3 is 14.5 Å². The molecule has 0 unspecified atom stereocenters. The van der Waals surface area contributed by atoms with Crippen LogP contribution in [0.2, 0.25) is 0 Å². The smallest absolute Gasteiger partial charge is 0.331 e. The molecule has 1 aliphatic heterocycles. The zero-order valence-electron chi connectivity index (χ0n) is 16.4. The molecule has 0 aromatic carbocycles. The number of sulfonamides is 1. The number of ether oxygens (including phenoxy) is 1. The summed E-state index contributed by atoms with van der Waals surface area (Å²) in [6, 6.07) is 2.63. The third-order valence-corrected chi connectivity index (χ3v) is 7.54. The van der Waals surface area contributed by atoms with Crippen molar-refractivity contribution >= 4 is 21.9 Å². The molecule has 1 saturated heterocycles. The van der Waals surface area contributed by atoms with E-state index in [1.165, 1.54) is 23.5 Å². The summed E-state index contributed by atoms with van der Waals surface area (Å²) in [5.41, 5.74) is -1.10. The van der Waals surface area contributed by atoms with Crippen LogP contribution in [0.1, 0.15) is 62.4 Å². The minimum absolute atomic E-state index is 0.127. The molecule has 2 fully saturated rings. The summed E-state index contributed by atoms with van der Waals surface area (Å²) >= 11 is 0. The predicted octanol–water partition coefficient (Wildman–Crippen LogP) is 2.31. The van der Waals surface area contributed by atoms with Gasteiger partial charge in [-0.3, -0.25) is 4.79 Å². The number of nitrogens with zero attached hydrogens (tertiary/aromatic N) is 1. The van der Waals surface area contributed by atoms with Gasteiger partial charge in [0.05, 0.1) is 7.11 Å². The van der Waals surface area contributed by atoms with E-state index in [0.717, 1.165) is 32.1 Å². The van der Waals surface area contributed by atoms with Gasteiger partial charge in [-0.25, -0.2) is 13.2 Å². The van der Waals surface area contributed by atoms with Crippen LogP contribution in [-0.2, 0) is 19.6 Å². The topological polar surface area (TPSA) is 106 Å². The Labute approximate surface area is 165 Å². The average Bonchev–Trinajstić information content (AvgIpc) is 3.21. The molecule has 9 heteroatoms. The molecule has 0 atom stereocenters. The number of methoxy groups -OCH3 is 1. The van der Waals surface area contributed by atoms with Crippen LogP contribution in [0.15, 0.2) is 21.6 Å². The highest BCUT2D eigenvalue weighted by Crippen LogP contribution is 2.33. The van der Waals surface area contributed by atoms with E-state index in [1.807, 2.05) is 0 Å². The van der Waals surface area contributed by atoms with Gasteiger partial charge in [0.1, 0.15) is 5.54 Å². The Bertz CT molecular complexity index is 817. The Morgan fingerprint density at radius 2 is 1.82 bits per heavy atom. The van der Waals surface area contributed by atoms with Crippen LogP contribution in [-0.4, -0.2) is 50.3 Å². The molecular formula is C19H28N2O6S. The first-order chi connectivity index (χ1) is 13.3. The van der Waals surface area contributed by atoms with Gasteiger partial charge in [-0.15, -0.1) is 0 Å². The van der Waals surface area contributed by atoms with Crippen LogP contribution in [0.5, 0.6) is 0 Å². The first-order valence-electron chi connectivity index (χ1n) is 9.79. The van der Waals surface area contributed by atoms with Crippen molar-refractivity contribution in [3.8, 4) is 0 Å². The van der Waals surface area contributed by atoms with E-state index < -0.39 is 27.4 Å². The largest absolute Gasteiger partial charge is 0.467 e. The van der Waals surface area contributed by atoms with Crippen LogP contribution >= 0.6 is 0 Å². The molecule has 156 valence electrons. The fourth-order valence-electron chi connectivity index (χ4n) is 3.92. The quantitative estimate of drug-likeness (QED) is 0.744. The summed E-state index contributed by atoms with van der Waals surface area (Å²) in [7, 11) is -2.46. The molecule has 0 spiro atoms. The lowest BCUT2D eigenvalue weighted by molar-refractivity contribution is -0.150. The normalized spacial score (nSPS) is 26.6. The molecule has 28 heavy (non-hydrogen) atoms. The number of hydrogen-bond donors (Lipinski definition) is 1. The highest BCUT2D eigenvalue weighted by Gasteiger charge is 2.44. The molecule has 0 bridgehead atoms. The predicted molar refractivity (Wildman–Crippen MR) is 101 cm³/mol. The van der Waals surface area contributed by atoms with Crippen molar-refractivity contribution in [2.45, 2.75) is 62.5 Å². The number of furan rings is 1. The van der Waals surface area contributed by atoms with Gasteiger partial charge in [-0.2, -0.15) is 4.31 Å². The standard InChI is InChI=1S/C19H28N2O6S/c1-14-8-10-19(11-9-14,18(23)26-2)20-17(22)15-6-7-16(27-15)28(24,25)21-12-4-3-5-13-21/h6-7,14H,3-5,8-13H2,1-2H3,(H,20,22). The molecule has 2 aliphatic rings. The summed E-state index contributed by atoms with van der Waals surface area (Å²) in [6.45, 7) is 3.01. The fraction of sp³-hybridized carbons (Fsp3) is 0.684. The SMILES string of the molecule is COC(=O)C1(NC(=O)c2ccc(S(=O)(=O)N3CCCCC3)o2)CCC(C)CC1. The summed E-state index contributed by atoms with van der Waals surface area (Å²) in [5.74, 6) is -0.752. The molecule has 1 N–H and O–H groups in total. The van der Waals surface area contributed by atoms with Crippen LogP contribution in [0.3, 0.4) is 0 Å². The van der Waals surface area contributed by atoms with E-state index in [2.05, 4.69) is 12.2 Å². The van der Waals surface area contributed by atoms with Gasteiger partial charge in [-0.05, 0) is 56.6 Å². The second-order valence-electron chi connectivity index (χ2n) is 7.79. The molecule has 2 heterocycles. The minimum atomic E-state index is -3.76. The number of piperidine rings is 1. The number of hydrogen-bond acceptors (Lipinski definition) is 6. The number of rotatable bonds is 5. The molecule has 1 saturated carbocycles. The van der Waals surface area contributed by atoms with Gasteiger partial charge in [0.2, 0.25) is 5.09 Å². The monoisotopic (exact) mass is 412 g/mol. The second-order valence-corrected chi connectivity index (χ2v) is 9.66. The lowest BCUT2D eigenvalue weighted by Crippen LogP contribution is -2.56. The van der Waals surface area contributed by atoms with Crippen LogP contribution < -0.4 is 5.32 Å². The lowest BCUT2D eigenvalue weighted by atomic mass is 9.77. The van der Waals surface area contributed by atoms with Crippen molar-refractivity contribution in [1.82, 2.24) is 9.62 Å². The third-order valence-electron chi connectivity index (χ3n) is 5.77. The highest BCUT2D eigenvalue weighted by molar-refractivity contribution is 7.89. The Morgan fingerprint density at radius 3 is 2.43 bits per heavy atom. The van der Waals surface area contributed by atoms with Crippen LogP contribution in [0.25, 0.3) is 0 Å². The molecule has 8 nitrogen and oxygen atoms in total. The second kappa shape index (κ2) is 8.24. The van der Waals surface area contributed by atoms with Gasteiger partial charge in [0, 0.05) is 13.1 Å². The molecule has 1 amide bonds. The lowest BCUT2D eigenvalue weighted by Gasteiger charge is -2.37. The maximum atomic E-state index is 12.7. The van der Waals surface area contributed by atoms with Crippen LogP contribution in [0, 0.1) is 5.92 Å². The number of amides is 1. The maximum Gasteiger partial charge on any atom is 0.331 e. The molecular weight excluding hydrogens is 384 g/mol. The highest BCUT2D eigenvalue weighted by atomic mass is 32.2. The Kier molecular flexibility index (Phi) is 6.14. The molecule has 0 radical (unpaired) electrons. The van der Waals surface area contributed by atoms with Crippen LogP contribution in [0.4, 0.5) is 0 Å². The first-order valence-corrected chi connectivity index (χ1v) is 11.2. The first kappa shape index (κ1) is 20.9. The summed E-state index contributed by atoms with van der Waals surface area (Å²) in [5, 5.41) is 2.50. The Morgan fingerprint density at radius 1 is 1.18 bits per heavy atom. The number of nitrogens with one attached hydrogen (secondary N) is 1. The Hall–Kier alpha value is -1.87. The number of esters is 1. The van der Waals surface area contributed by atoms with Crippen molar-refractivity contribution < 1.29 is 27.2 Å². The van der Waals surface area contributed by atoms with E-state index >= 15 is 0 Å². The summed E-state index contributed by atoms with van der Waals surface area (Å²) < 4.78 is 37.1. The number of carbonyl (C=O) groups is 2. The van der Waals surface area contributed by atoms with E-state index in [4.69, 9.17) is 9.15 Å². The van der Waals surface area contributed by atoms with Gasteiger partial charge in [0.15, 0.2) is 5.76 Å². The van der Waals surface area contributed by atoms with E-state index in [9.17, 15) is 18.0 Å². The molecule has 3 rings (SSSR count). The van der Waals surface area contributed by atoms with Gasteiger partial charge in [-0.1, -0.05) is 13.3 Å². The zero-order chi connectivity index (χ0) is 20.4. The summed E-state index contributed by atoms with van der Waals surface area (Å²) in [6.07, 6.45) is 5.18. The van der Waals surface area contributed by atoms with Crippen molar-refractivity contribution in [2.24, 2.45) is 5.92 Å².